The van der Waals surface area contributed by atoms with Crippen LogP contribution >= 0.6 is 0 Å². The highest BCUT2D eigenvalue weighted by Gasteiger charge is 2.16. The van der Waals surface area contributed by atoms with Crippen LogP contribution in [0, 0.1) is 0 Å². The average Bonchev–Trinajstić information content (AvgIpc) is 2.59. The number of fused-ring (bicyclic) bond motifs is 1. The van der Waals surface area contributed by atoms with E-state index in [1.54, 1.807) is 0 Å². The van der Waals surface area contributed by atoms with Crippen molar-refractivity contribution >= 4 is 11.4 Å². The van der Waals surface area contributed by atoms with Crippen molar-refractivity contribution in [3.63, 3.8) is 0 Å². The van der Waals surface area contributed by atoms with Crippen molar-refractivity contribution in [3.8, 4) is 5.75 Å². The lowest BCUT2D eigenvalue weighted by Crippen LogP contribution is -2.33. The van der Waals surface area contributed by atoms with Crippen molar-refractivity contribution < 1.29 is 4.74 Å². The number of hydrogen-bond donors (Lipinski definition) is 1. The molecule has 3 heteroatoms. The monoisotopic (exact) mass is 296 g/mol. The van der Waals surface area contributed by atoms with Gasteiger partial charge in [0.25, 0.3) is 0 Å². The van der Waals surface area contributed by atoms with Gasteiger partial charge in [-0.3, -0.25) is 0 Å². The van der Waals surface area contributed by atoms with Gasteiger partial charge >= 0.3 is 0 Å². The molecule has 0 fully saturated rings. The Morgan fingerprint density at radius 3 is 2.77 bits per heavy atom. The molecule has 0 radical (unpaired) electrons. The van der Waals surface area contributed by atoms with Crippen molar-refractivity contribution in [3.05, 3.63) is 54.1 Å². The van der Waals surface area contributed by atoms with Crippen LogP contribution in [0.4, 0.5) is 11.4 Å². The van der Waals surface area contributed by atoms with E-state index in [4.69, 9.17) is 4.74 Å². The molecule has 0 aromatic heterocycles. The molecular formula is C19H24N2O. The van der Waals surface area contributed by atoms with E-state index in [2.05, 4.69) is 72.7 Å². The smallest absolute Gasteiger partial charge is 0.142 e. The largest absolute Gasteiger partial charge is 0.490 e. The van der Waals surface area contributed by atoms with Crippen LogP contribution in [0.2, 0.25) is 0 Å². The number of likely N-dealkylation sites (N-methyl/N-ethyl adjacent to an activating group) is 1. The summed E-state index contributed by atoms with van der Waals surface area (Å²) in [6, 6.07) is 17.6. The highest BCUT2D eigenvalue weighted by atomic mass is 16.5. The summed E-state index contributed by atoms with van der Waals surface area (Å²) in [4.78, 5) is 2.38. The molecule has 0 saturated carbocycles. The van der Waals surface area contributed by atoms with Crippen molar-refractivity contribution in [1.29, 1.82) is 0 Å². The zero-order valence-electron chi connectivity index (χ0n) is 13.4. The van der Waals surface area contributed by atoms with E-state index in [9.17, 15) is 0 Å². The van der Waals surface area contributed by atoms with Gasteiger partial charge in [0, 0.05) is 25.3 Å². The molecule has 3 nitrogen and oxygen atoms in total. The van der Waals surface area contributed by atoms with Crippen LogP contribution in [0.1, 0.15) is 18.9 Å². The second kappa shape index (κ2) is 6.73. The Morgan fingerprint density at radius 1 is 1.18 bits per heavy atom. The molecule has 2 aromatic rings. The number of hydrogen-bond acceptors (Lipinski definition) is 3. The predicted octanol–water partition coefficient (Wildman–Crippen LogP) is 3.95. The van der Waals surface area contributed by atoms with E-state index >= 15 is 0 Å². The normalized spacial score (nSPS) is 14.5. The van der Waals surface area contributed by atoms with Crippen molar-refractivity contribution in [2.24, 2.45) is 0 Å². The minimum atomic E-state index is 0.491. The van der Waals surface area contributed by atoms with Gasteiger partial charge in [0.15, 0.2) is 0 Å². The van der Waals surface area contributed by atoms with E-state index in [1.807, 2.05) is 0 Å². The fraction of sp³-hybridized carbons (Fsp3) is 0.368. The molecule has 0 spiro atoms. The maximum atomic E-state index is 5.65. The summed E-state index contributed by atoms with van der Waals surface area (Å²) in [6.07, 6.45) is 2.16. The van der Waals surface area contributed by atoms with E-state index in [1.165, 1.54) is 11.3 Å². The molecule has 2 aromatic carbocycles. The van der Waals surface area contributed by atoms with Gasteiger partial charge in [0.2, 0.25) is 0 Å². The molecule has 1 aliphatic heterocycles. The molecule has 22 heavy (non-hydrogen) atoms. The van der Waals surface area contributed by atoms with Gasteiger partial charge in [-0.05, 0) is 42.7 Å². The Labute approximate surface area is 132 Å². The highest BCUT2D eigenvalue weighted by Crippen LogP contribution is 2.29. The highest BCUT2D eigenvalue weighted by molar-refractivity contribution is 5.59. The number of para-hydroxylation sites is 1. The van der Waals surface area contributed by atoms with Crippen LogP contribution in [0.5, 0.6) is 5.75 Å². The molecule has 1 aliphatic rings. The molecule has 0 bridgehead atoms. The quantitative estimate of drug-likeness (QED) is 0.904. The zero-order chi connectivity index (χ0) is 15.4. The van der Waals surface area contributed by atoms with Gasteiger partial charge in [-0.2, -0.15) is 0 Å². The average molecular weight is 296 g/mol. The van der Waals surface area contributed by atoms with Gasteiger partial charge in [-0.15, -0.1) is 0 Å². The lowest BCUT2D eigenvalue weighted by Gasteiger charge is -2.30. The second-order valence-corrected chi connectivity index (χ2v) is 5.82. The summed E-state index contributed by atoms with van der Waals surface area (Å²) in [5.41, 5.74) is 3.75. The molecule has 0 saturated heterocycles. The molecule has 116 valence electrons. The summed E-state index contributed by atoms with van der Waals surface area (Å²) in [6.45, 7) is 3.89. The summed E-state index contributed by atoms with van der Waals surface area (Å²) in [7, 11) is 2.18. The number of anilines is 2. The number of nitrogens with zero attached hydrogens (tertiary/aromatic N) is 1. The fourth-order valence-corrected chi connectivity index (χ4v) is 3.02. The second-order valence-electron chi connectivity index (χ2n) is 5.82. The van der Waals surface area contributed by atoms with E-state index in [0.717, 1.165) is 37.4 Å². The molecule has 0 amide bonds. The van der Waals surface area contributed by atoms with Gasteiger partial charge in [-0.25, -0.2) is 0 Å². The lowest BCUT2D eigenvalue weighted by atomic mass is 10.0. The molecule has 1 heterocycles. The van der Waals surface area contributed by atoms with E-state index in [-0.39, 0.29) is 0 Å². The standard InChI is InChI=1S/C19H24N2O/c1-3-16(21(2)17-7-5-4-6-8-17)13-15-9-10-19-18(14-15)20-11-12-22-19/h4-10,14,16,20H,3,11-13H2,1-2H3. The maximum Gasteiger partial charge on any atom is 0.142 e. The number of benzene rings is 2. The third kappa shape index (κ3) is 3.19. The number of ether oxygens (including phenoxy) is 1. The summed E-state index contributed by atoms with van der Waals surface area (Å²) < 4.78 is 5.65. The Kier molecular flexibility index (Phi) is 4.52. The van der Waals surface area contributed by atoms with Crippen molar-refractivity contribution in [2.45, 2.75) is 25.8 Å². The van der Waals surface area contributed by atoms with E-state index in [0.29, 0.717) is 6.04 Å². The number of nitrogens with one attached hydrogen (secondary N) is 1. The SMILES string of the molecule is CCC(Cc1ccc2c(c1)NCCO2)N(C)c1ccccc1. The minimum absolute atomic E-state index is 0.491. The maximum absolute atomic E-state index is 5.65. The minimum Gasteiger partial charge on any atom is -0.490 e. The van der Waals surface area contributed by atoms with Crippen LogP contribution in [-0.4, -0.2) is 26.2 Å². The first-order valence-electron chi connectivity index (χ1n) is 8.05. The van der Waals surface area contributed by atoms with Crippen LogP contribution in [0.25, 0.3) is 0 Å². The van der Waals surface area contributed by atoms with Crippen LogP contribution in [0.15, 0.2) is 48.5 Å². The lowest BCUT2D eigenvalue weighted by molar-refractivity contribution is 0.323. The molecular weight excluding hydrogens is 272 g/mol. The Morgan fingerprint density at radius 2 is 2.00 bits per heavy atom. The molecule has 1 unspecified atom stereocenters. The fourth-order valence-electron chi connectivity index (χ4n) is 3.02. The van der Waals surface area contributed by atoms with Gasteiger partial charge in [0.05, 0.1) is 5.69 Å². The molecule has 3 rings (SSSR count). The molecule has 1 N–H and O–H groups in total. The van der Waals surface area contributed by atoms with Gasteiger partial charge < -0.3 is 15.0 Å². The zero-order valence-corrected chi connectivity index (χ0v) is 13.4. The Bertz CT molecular complexity index is 612. The summed E-state index contributed by atoms with van der Waals surface area (Å²) in [5, 5.41) is 3.42. The summed E-state index contributed by atoms with van der Waals surface area (Å²) >= 11 is 0. The third-order valence-corrected chi connectivity index (χ3v) is 4.37. The topological polar surface area (TPSA) is 24.5 Å². The third-order valence-electron chi connectivity index (χ3n) is 4.37. The molecule has 0 aliphatic carbocycles. The van der Waals surface area contributed by atoms with Crippen LogP contribution in [-0.2, 0) is 6.42 Å². The van der Waals surface area contributed by atoms with Crippen molar-refractivity contribution in [1.82, 2.24) is 0 Å². The Balaban J connectivity index is 1.75. The predicted molar refractivity (Wildman–Crippen MR) is 93.1 cm³/mol. The van der Waals surface area contributed by atoms with E-state index < -0.39 is 0 Å². The first-order valence-corrected chi connectivity index (χ1v) is 8.05. The van der Waals surface area contributed by atoms with Gasteiger partial charge in [-0.1, -0.05) is 31.2 Å². The Hall–Kier alpha value is -2.16. The van der Waals surface area contributed by atoms with Crippen molar-refractivity contribution in [2.75, 3.05) is 30.4 Å². The van der Waals surface area contributed by atoms with Gasteiger partial charge in [0.1, 0.15) is 12.4 Å². The first kappa shape index (κ1) is 14.8. The van der Waals surface area contributed by atoms with Crippen LogP contribution < -0.4 is 15.0 Å². The first-order chi connectivity index (χ1) is 10.8. The summed E-state index contributed by atoms with van der Waals surface area (Å²) in [5.74, 6) is 0.972. The van der Waals surface area contributed by atoms with Crippen LogP contribution in [0.3, 0.4) is 0 Å². The molecule has 1 atom stereocenters. The number of rotatable bonds is 5.